The Kier molecular flexibility index (Phi) is 3.56. The third kappa shape index (κ3) is 2.65. The number of hydrogen-bond donors (Lipinski definition) is 4. The summed E-state index contributed by atoms with van der Waals surface area (Å²) in [6.07, 6.45) is 2.57. The number of imidazole rings is 1. The minimum atomic E-state index is -0.304. The van der Waals surface area contributed by atoms with Gasteiger partial charge in [0.15, 0.2) is 11.5 Å². The standard InChI is InChI=1S/C10H15N7O/c1-12-10-16-8(13-4-2-3-6(11)18)7-9(17-10)15-5-14-7/h5H,2-4H2,1H3,(H2,11,18)(H3,12,13,14,15,16,17). The van der Waals surface area contributed by atoms with Crippen molar-refractivity contribution in [2.75, 3.05) is 24.2 Å². The SMILES string of the molecule is CNc1nc(NCCCC(N)=O)c2[nH]cnc2n1. The van der Waals surface area contributed by atoms with Crippen LogP contribution in [0, 0.1) is 0 Å². The van der Waals surface area contributed by atoms with Crippen LogP contribution in [0.25, 0.3) is 11.2 Å². The minimum Gasteiger partial charge on any atom is -0.370 e. The Balaban J connectivity index is 2.10. The third-order valence-corrected chi connectivity index (χ3v) is 2.40. The molecule has 8 nitrogen and oxygen atoms in total. The van der Waals surface area contributed by atoms with Crippen molar-refractivity contribution in [2.24, 2.45) is 5.73 Å². The topological polar surface area (TPSA) is 122 Å². The van der Waals surface area contributed by atoms with E-state index in [2.05, 4.69) is 30.6 Å². The van der Waals surface area contributed by atoms with Crippen LogP contribution < -0.4 is 16.4 Å². The van der Waals surface area contributed by atoms with Gasteiger partial charge in [-0.1, -0.05) is 0 Å². The van der Waals surface area contributed by atoms with Gasteiger partial charge in [0.2, 0.25) is 11.9 Å². The normalized spacial score (nSPS) is 10.5. The number of hydrogen-bond acceptors (Lipinski definition) is 6. The molecule has 2 aromatic heterocycles. The molecular formula is C10H15N7O. The smallest absolute Gasteiger partial charge is 0.226 e. The first-order valence-electron chi connectivity index (χ1n) is 5.61. The maximum Gasteiger partial charge on any atom is 0.226 e. The van der Waals surface area contributed by atoms with Gasteiger partial charge in [0.25, 0.3) is 0 Å². The fourth-order valence-corrected chi connectivity index (χ4v) is 1.54. The number of H-pyrrole nitrogens is 1. The average molecular weight is 249 g/mol. The number of carbonyl (C=O) groups excluding carboxylic acids is 1. The van der Waals surface area contributed by atoms with E-state index < -0.39 is 0 Å². The molecule has 5 N–H and O–H groups in total. The summed E-state index contributed by atoms with van der Waals surface area (Å²) in [5.41, 5.74) is 6.41. The first-order chi connectivity index (χ1) is 8.70. The van der Waals surface area contributed by atoms with Gasteiger partial charge in [0, 0.05) is 20.0 Å². The monoisotopic (exact) mass is 249 g/mol. The third-order valence-electron chi connectivity index (χ3n) is 2.40. The predicted octanol–water partition coefficient (Wildman–Crippen LogP) is 0.0720. The van der Waals surface area contributed by atoms with Gasteiger partial charge < -0.3 is 21.4 Å². The van der Waals surface area contributed by atoms with Gasteiger partial charge in [0.1, 0.15) is 5.52 Å². The number of anilines is 2. The van der Waals surface area contributed by atoms with E-state index in [-0.39, 0.29) is 5.91 Å². The number of aromatic amines is 1. The lowest BCUT2D eigenvalue weighted by molar-refractivity contribution is -0.118. The number of amides is 1. The highest BCUT2D eigenvalue weighted by molar-refractivity contribution is 5.83. The largest absolute Gasteiger partial charge is 0.370 e. The molecular weight excluding hydrogens is 234 g/mol. The lowest BCUT2D eigenvalue weighted by atomic mass is 10.3. The minimum absolute atomic E-state index is 0.304. The van der Waals surface area contributed by atoms with Crippen molar-refractivity contribution in [3.63, 3.8) is 0 Å². The van der Waals surface area contributed by atoms with Crippen LogP contribution in [0.15, 0.2) is 6.33 Å². The maximum atomic E-state index is 10.6. The van der Waals surface area contributed by atoms with E-state index in [1.54, 1.807) is 13.4 Å². The fraction of sp³-hybridized carbons (Fsp3) is 0.400. The van der Waals surface area contributed by atoms with E-state index in [0.717, 1.165) is 5.52 Å². The quantitative estimate of drug-likeness (QED) is 0.537. The Morgan fingerprint density at radius 1 is 1.50 bits per heavy atom. The zero-order valence-electron chi connectivity index (χ0n) is 10.0. The number of rotatable bonds is 6. The average Bonchev–Trinajstić information content (AvgIpc) is 2.82. The molecule has 0 aliphatic rings. The second kappa shape index (κ2) is 5.30. The lowest BCUT2D eigenvalue weighted by Gasteiger charge is -2.07. The maximum absolute atomic E-state index is 10.6. The van der Waals surface area contributed by atoms with Gasteiger partial charge in [-0.2, -0.15) is 9.97 Å². The van der Waals surface area contributed by atoms with Gasteiger partial charge in [-0.3, -0.25) is 4.79 Å². The molecule has 0 aliphatic heterocycles. The summed E-state index contributed by atoms with van der Waals surface area (Å²) in [7, 11) is 1.74. The number of nitrogens with two attached hydrogens (primary N) is 1. The number of carbonyl (C=O) groups is 1. The highest BCUT2D eigenvalue weighted by Gasteiger charge is 2.08. The van der Waals surface area contributed by atoms with E-state index in [9.17, 15) is 4.79 Å². The molecule has 2 rings (SSSR count). The summed E-state index contributed by atoms with van der Waals surface area (Å²) in [6.45, 7) is 0.608. The van der Waals surface area contributed by atoms with E-state index in [4.69, 9.17) is 5.73 Å². The second-order valence-corrected chi connectivity index (χ2v) is 3.74. The fourth-order valence-electron chi connectivity index (χ4n) is 1.54. The molecule has 0 atom stereocenters. The lowest BCUT2D eigenvalue weighted by Crippen LogP contribution is -2.13. The van der Waals surface area contributed by atoms with Crippen LogP contribution in [-0.4, -0.2) is 39.4 Å². The molecule has 0 fully saturated rings. The van der Waals surface area contributed by atoms with Gasteiger partial charge in [0.05, 0.1) is 6.33 Å². The first-order valence-corrected chi connectivity index (χ1v) is 5.61. The van der Waals surface area contributed by atoms with Crippen LogP contribution >= 0.6 is 0 Å². The van der Waals surface area contributed by atoms with Crippen LogP contribution in [-0.2, 0) is 4.79 Å². The summed E-state index contributed by atoms with van der Waals surface area (Å²) in [6, 6.07) is 0. The summed E-state index contributed by atoms with van der Waals surface area (Å²) < 4.78 is 0. The molecule has 0 aliphatic carbocycles. The van der Waals surface area contributed by atoms with Gasteiger partial charge in [-0.05, 0) is 6.42 Å². The molecule has 0 saturated heterocycles. The summed E-state index contributed by atoms with van der Waals surface area (Å²) in [5, 5.41) is 6.00. The second-order valence-electron chi connectivity index (χ2n) is 3.74. The van der Waals surface area contributed by atoms with Crippen molar-refractivity contribution in [1.82, 2.24) is 19.9 Å². The zero-order valence-corrected chi connectivity index (χ0v) is 10.0. The summed E-state index contributed by atoms with van der Waals surface area (Å²) in [5.74, 6) is 0.848. The molecule has 96 valence electrons. The Labute approximate surface area is 103 Å². The van der Waals surface area contributed by atoms with E-state index in [1.807, 2.05) is 0 Å². The van der Waals surface area contributed by atoms with Crippen molar-refractivity contribution >= 4 is 28.8 Å². The number of primary amides is 1. The molecule has 2 heterocycles. The van der Waals surface area contributed by atoms with Crippen molar-refractivity contribution < 1.29 is 4.79 Å². The van der Waals surface area contributed by atoms with E-state index in [0.29, 0.717) is 36.8 Å². The summed E-state index contributed by atoms with van der Waals surface area (Å²) >= 11 is 0. The molecule has 2 aromatic rings. The van der Waals surface area contributed by atoms with Crippen LogP contribution in [0.2, 0.25) is 0 Å². The van der Waals surface area contributed by atoms with Crippen LogP contribution in [0.1, 0.15) is 12.8 Å². The number of aromatic nitrogens is 4. The van der Waals surface area contributed by atoms with Gasteiger partial charge in [-0.25, -0.2) is 4.98 Å². The zero-order chi connectivity index (χ0) is 13.0. The Bertz CT molecular complexity index is 550. The molecule has 8 heteroatoms. The molecule has 18 heavy (non-hydrogen) atoms. The molecule has 0 spiro atoms. The van der Waals surface area contributed by atoms with Crippen molar-refractivity contribution in [1.29, 1.82) is 0 Å². The molecule has 0 saturated carbocycles. The number of nitrogens with one attached hydrogen (secondary N) is 3. The van der Waals surface area contributed by atoms with E-state index >= 15 is 0 Å². The Hall–Kier alpha value is -2.38. The number of fused-ring (bicyclic) bond motifs is 1. The van der Waals surface area contributed by atoms with Crippen LogP contribution in [0.5, 0.6) is 0 Å². The highest BCUT2D eigenvalue weighted by Crippen LogP contribution is 2.18. The first kappa shape index (κ1) is 12.1. The Morgan fingerprint density at radius 2 is 2.33 bits per heavy atom. The summed E-state index contributed by atoms with van der Waals surface area (Å²) in [4.78, 5) is 26.2. The van der Waals surface area contributed by atoms with Crippen LogP contribution in [0.4, 0.5) is 11.8 Å². The molecule has 0 unspecified atom stereocenters. The number of nitrogens with zero attached hydrogens (tertiary/aromatic N) is 3. The van der Waals surface area contributed by atoms with Crippen molar-refractivity contribution in [2.45, 2.75) is 12.8 Å². The van der Waals surface area contributed by atoms with E-state index in [1.165, 1.54) is 0 Å². The molecule has 0 aromatic carbocycles. The highest BCUT2D eigenvalue weighted by atomic mass is 16.1. The molecule has 0 radical (unpaired) electrons. The van der Waals surface area contributed by atoms with Gasteiger partial charge >= 0.3 is 0 Å². The van der Waals surface area contributed by atoms with Crippen molar-refractivity contribution in [3.05, 3.63) is 6.33 Å². The van der Waals surface area contributed by atoms with Crippen LogP contribution in [0.3, 0.4) is 0 Å². The van der Waals surface area contributed by atoms with Gasteiger partial charge in [-0.15, -0.1) is 0 Å². The predicted molar refractivity (Wildman–Crippen MR) is 68.1 cm³/mol. The Morgan fingerprint density at radius 3 is 3.06 bits per heavy atom. The van der Waals surface area contributed by atoms with Crippen molar-refractivity contribution in [3.8, 4) is 0 Å². The molecule has 0 bridgehead atoms. The molecule has 1 amide bonds.